The van der Waals surface area contributed by atoms with Crippen molar-refractivity contribution in [1.29, 1.82) is 0 Å². The fourth-order valence-corrected chi connectivity index (χ4v) is 3.45. The topological polar surface area (TPSA) is 44.5 Å². The van der Waals surface area contributed by atoms with Gasteiger partial charge in [0.05, 0.1) is 19.3 Å². The first-order valence-electron chi connectivity index (χ1n) is 8.04. The monoisotopic (exact) mass is 291 g/mol. The van der Waals surface area contributed by atoms with E-state index in [0.717, 1.165) is 30.4 Å². The van der Waals surface area contributed by atoms with Crippen LogP contribution in [0, 0.1) is 11.3 Å². The standard InChI is InChI=1S/C18H29NO2/c1-14-11-17(13-18(2,3)12-14)21-10-4-9-20-16-7-5-15(19)6-8-16/h5-8,14,17H,4,9-13,19H2,1-3H3. The lowest BCUT2D eigenvalue weighted by Crippen LogP contribution is -2.32. The second-order valence-corrected chi connectivity index (χ2v) is 7.18. The zero-order valence-corrected chi connectivity index (χ0v) is 13.6. The Bertz CT molecular complexity index is 427. The highest BCUT2D eigenvalue weighted by atomic mass is 16.5. The Kier molecular flexibility index (Phi) is 5.51. The van der Waals surface area contributed by atoms with Crippen LogP contribution in [0.3, 0.4) is 0 Å². The van der Waals surface area contributed by atoms with E-state index >= 15 is 0 Å². The van der Waals surface area contributed by atoms with Crippen molar-refractivity contribution in [2.75, 3.05) is 18.9 Å². The molecule has 2 N–H and O–H groups in total. The molecule has 0 radical (unpaired) electrons. The summed E-state index contributed by atoms with van der Waals surface area (Å²) in [6.07, 6.45) is 5.03. The molecule has 1 fully saturated rings. The quantitative estimate of drug-likeness (QED) is 0.629. The van der Waals surface area contributed by atoms with Crippen molar-refractivity contribution in [3.63, 3.8) is 0 Å². The summed E-state index contributed by atoms with van der Waals surface area (Å²) in [5.41, 5.74) is 6.83. The van der Waals surface area contributed by atoms with E-state index in [1.807, 2.05) is 24.3 Å². The van der Waals surface area contributed by atoms with Gasteiger partial charge < -0.3 is 15.2 Å². The molecule has 3 heteroatoms. The minimum Gasteiger partial charge on any atom is -0.494 e. The number of nitrogen functional groups attached to an aromatic ring is 1. The molecule has 118 valence electrons. The van der Waals surface area contributed by atoms with Crippen LogP contribution in [0.2, 0.25) is 0 Å². The molecule has 0 heterocycles. The van der Waals surface area contributed by atoms with Gasteiger partial charge in [-0.2, -0.15) is 0 Å². The van der Waals surface area contributed by atoms with E-state index in [4.69, 9.17) is 15.2 Å². The van der Waals surface area contributed by atoms with Crippen LogP contribution in [-0.2, 0) is 4.74 Å². The summed E-state index contributed by atoms with van der Waals surface area (Å²) >= 11 is 0. The zero-order chi connectivity index (χ0) is 15.3. The predicted octanol–water partition coefficient (Wildman–Crippen LogP) is 4.27. The van der Waals surface area contributed by atoms with Crippen LogP contribution < -0.4 is 10.5 Å². The number of nitrogens with two attached hydrogens (primary N) is 1. The van der Waals surface area contributed by atoms with Gasteiger partial charge in [-0.3, -0.25) is 0 Å². The Labute approximate surface area is 128 Å². The SMILES string of the molecule is CC1CC(OCCCOc2ccc(N)cc2)CC(C)(C)C1. The number of ether oxygens (including phenoxy) is 2. The van der Waals surface area contributed by atoms with Gasteiger partial charge in [-0.25, -0.2) is 0 Å². The fourth-order valence-electron chi connectivity index (χ4n) is 3.45. The maximum absolute atomic E-state index is 6.05. The van der Waals surface area contributed by atoms with E-state index in [1.165, 1.54) is 19.3 Å². The van der Waals surface area contributed by atoms with Crippen molar-refractivity contribution >= 4 is 5.69 Å². The third kappa shape index (κ3) is 5.58. The van der Waals surface area contributed by atoms with Gasteiger partial charge in [-0.1, -0.05) is 20.8 Å². The maximum atomic E-state index is 6.05. The van der Waals surface area contributed by atoms with Crippen molar-refractivity contribution in [1.82, 2.24) is 0 Å². The molecular weight excluding hydrogens is 262 g/mol. The molecule has 2 unspecified atom stereocenters. The van der Waals surface area contributed by atoms with E-state index in [0.29, 0.717) is 18.1 Å². The summed E-state index contributed by atoms with van der Waals surface area (Å²) in [4.78, 5) is 0. The molecule has 0 spiro atoms. The molecule has 1 aromatic rings. The molecule has 1 aliphatic rings. The van der Waals surface area contributed by atoms with Crippen LogP contribution in [0.15, 0.2) is 24.3 Å². The average molecular weight is 291 g/mol. The van der Waals surface area contributed by atoms with Gasteiger partial charge in [0.25, 0.3) is 0 Å². The smallest absolute Gasteiger partial charge is 0.119 e. The Morgan fingerprint density at radius 2 is 1.86 bits per heavy atom. The van der Waals surface area contributed by atoms with E-state index in [1.54, 1.807) is 0 Å². The molecule has 0 aliphatic heterocycles. The zero-order valence-electron chi connectivity index (χ0n) is 13.6. The van der Waals surface area contributed by atoms with Gasteiger partial charge in [-0.15, -0.1) is 0 Å². The second kappa shape index (κ2) is 7.17. The third-order valence-electron chi connectivity index (χ3n) is 4.14. The van der Waals surface area contributed by atoms with Gasteiger partial charge in [0.15, 0.2) is 0 Å². The summed E-state index contributed by atoms with van der Waals surface area (Å²) in [6, 6.07) is 7.53. The van der Waals surface area contributed by atoms with Crippen LogP contribution >= 0.6 is 0 Å². The lowest BCUT2D eigenvalue weighted by atomic mass is 9.71. The summed E-state index contributed by atoms with van der Waals surface area (Å²) in [7, 11) is 0. The lowest BCUT2D eigenvalue weighted by molar-refractivity contribution is -0.0259. The van der Waals surface area contributed by atoms with Crippen molar-refractivity contribution in [2.24, 2.45) is 11.3 Å². The molecule has 2 rings (SSSR count). The van der Waals surface area contributed by atoms with E-state index in [2.05, 4.69) is 20.8 Å². The van der Waals surface area contributed by atoms with Crippen molar-refractivity contribution in [3.8, 4) is 5.75 Å². The first kappa shape index (κ1) is 16.2. The second-order valence-electron chi connectivity index (χ2n) is 7.18. The third-order valence-corrected chi connectivity index (χ3v) is 4.14. The van der Waals surface area contributed by atoms with Crippen LogP contribution in [0.25, 0.3) is 0 Å². The average Bonchev–Trinajstić information content (AvgIpc) is 2.38. The molecule has 0 bridgehead atoms. The minimum atomic E-state index is 0.417. The van der Waals surface area contributed by atoms with E-state index < -0.39 is 0 Å². The van der Waals surface area contributed by atoms with Crippen LogP contribution in [0.1, 0.15) is 46.5 Å². The largest absolute Gasteiger partial charge is 0.494 e. The first-order chi connectivity index (χ1) is 9.94. The lowest BCUT2D eigenvalue weighted by Gasteiger charge is -2.38. The van der Waals surface area contributed by atoms with Crippen molar-refractivity contribution < 1.29 is 9.47 Å². The Morgan fingerprint density at radius 3 is 2.52 bits per heavy atom. The van der Waals surface area contributed by atoms with Crippen LogP contribution in [0.5, 0.6) is 5.75 Å². The first-order valence-corrected chi connectivity index (χ1v) is 8.04. The van der Waals surface area contributed by atoms with Crippen molar-refractivity contribution in [2.45, 2.75) is 52.6 Å². The molecule has 0 amide bonds. The summed E-state index contributed by atoms with van der Waals surface area (Å²) in [5, 5.41) is 0. The molecule has 0 aromatic heterocycles. The Hall–Kier alpha value is -1.22. The van der Waals surface area contributed by atoms with Crippen molar-refractivity contribution in [3.05, 3.63) is 24.3 Å². The van der Waals surface area contributed by atoms with Gasteiger partial charge in [-0.05, 0) is 54.9 Å². The highest BCUT2D eigenvalue weighted by Gasteiger charge is 2.32. The molecule has 3 nitrogen and oxygen atoms in total. The molecule has 0 saturated heterocycles. The molecule has 21 heavy (non-hydrogen) atoms. The highest BCUT2D eigenvalue weighted by Crippen LogP contribution is 2.39. The maximum Gasteiger partial charge on any atom is 0.119 e. The molecule has 1 saturated carbocycles. The number of rotatable bonds is 6. The van der Waals surface area contributed by atoms with Gasteiger partial charge in [0.2, 0.25) is 0 Å². The van der Waals surface area contributed by atoms with Gasteiger partial charge >= 0.3 is 0 Å². The molecule has 1 aromatic carbocycles. The molecule has 1 aliphatic carbocycles. The van der Waals surface area contributed by atoms with Crippen LogP contribution in [0.4, 0.5) is 5.69 Å². The summed E-state index contributed by atoms with van der Waals surface area (Å²) in [5.74, 6) is 1.64. The predicted molar refractivity (Wildman–Crippen MR) is 87.5 cm³/mol. The Morgan fingerprint density at radius 1 is 1.14 bits per heavy atom. The van der Waals surface area contributed by atoms with Crippen LogP contribution in [-0.4, -0.2) is 19.3 Å². The summed E-state index contributed by atoms with van der Waals surface area (Å²) < 4.78 is 11.7. The fraction of sp³-hybridized carbons (Fsp3) is 0.667. The molecular formula is C18H29NO2. The van der Waals surface area contributed by atoms with E-state index in [9.17, 15) is 0 Å². The number of hydrogen-bond acceptors (Lipinski definition) is 3. The van der Waals surface area contributed by atoms with E-state index in [-0.39, 0.29) is 0 Å². The minimum absolute atomic E-state index is 0.417. The van der Waals surface area contributed by atoms with Gasteiger partial charge in [0, 0.05) is 12.1 Å². The number of anilines is 1. The normalized spacial score (nSPS) is 24.7. The molecule has 2 atom stereocenters. The highest BCUT2D eigenvalue weighted by molar-refractivity contribution is 5.41. The summed E-state index contributed by atoms with van der Waals surface area (Å²) in [6.45, 7) is 8.51. The van der Waals surface area contributed by atoms with Gasteiger partial charge in [0.1, 0.15) is 5.75 Å². The number of hydrogen-bond donors (Lipinski definition) is 1. The number of benzene rings is 1. The Balaban J connectivity index is 1.62.